The van der Waals surface area contributed by atoms with Crippen molar-refractivity contribution in [1.29, 1.82) is 0 Å². The van der Waals surface area contributed by atoms with Crippen LogP contribution in [0, 0.1) is 0 Å². The summed E-state index contributed by atoms with van der Waals surface area (Å²) in [6, 6.07) is 11.9. The first-order chi connectivity index (χ1) is 17.7. The van der Waals surface area contributed by atoms with Gasteiger partial charge in [-0.1, -0.05) is 35.5 Å². The summed E-state index contributed by atoms with van der Waals surface area (Å²) in [4.78, 5) is 13.1. The number of thioether (sulfide) groups is 1. The van der Waals surface area contributed by atoms with Gasteiger partial charge in [0.25, 0.3) is 0 Å². The molecule has 0 spiro atoms. The molecule has 2 saturated heterocycles. The number of aliphatic hydroxyl groups excluding tert-OH is 2. The Morgan fingerprint density at radius 3 is 2.83 bits per heavy atom. The number of rotatable bonds is 8. The van der Waals surface area contributed by atoms with Crippen LogP contribution in [-0.2, 0) is 15.2 Å². The molecular weight excluding hydrogens is 484 g/mol. The van der Waals surface area contributed by atoms with Crippen molar-refractivity contribution in [2.24, 2.45) is 0 Å². The van der Waals surface area contributed by atoms with Crippen LogP contribution in [0.1, 0.15) is 18.4 Å². The molecule has 0 radical (unpaired) electrons. The van der Waals surface area contributed by atoms with E-state index >= 15 is 0 Å². The number of nitrogens with zero attached hydrogens (tertiary/aromatic N) is 5. The molecule has 4 aromatic rings. The lowest BCUT2D eigenvalue weighted by Gasteiger charge is -2.17. The van der Waals surface area contributed by atoms with Gasteiger partial charge in [0.05, 0.1) is 30.8 Å². The van der Waals surface area contributed by atoms with Crippen LogP contribution in [0.4, 0.5) is 5.82 Å². The molecule has 1 aromatic carbocycles. The third-order valence-corrected chi connectivity index (χ3v) is 7.45. The maximum atomic E-state index is 10.8. The first-order valence-corrected chi connectivity index (χ1v) is 12.9. The molecule has 5 heterocycles. The van der Waals surface area contributed by atoms with Gasteiger partial charge in [-0.3, -0.25) is 4.57 Å². The molecule has 0 saturated carbocycles. The van der Waals surface area contributed by atoms with Crippen LogP contribution in [0.15, 0.2) is 53.6 Å². The van der Waals surface area contributed by atoms with Gasteiger partial charge in [-0.05, 0) is 6.42 Å². The maximum Gasteiger partial charge on any atom is 0.167 e. The minimum absolute atomic E-state index is 0.165. The van der Waals surface area contributed by atoms with Gasteiger partial charge in [-0.25, -0.2) is 15.0 Å². The van der Waals surface area contributed by atoms with E-state index in [0.717, 1.165) is 23.4 Å². The van der Waals surface area contributed by atoms with Crippen molar-refractivity contribution in [3.8, 4) is 11.3 Å². The monoisotopic (exact) mass is 510 g/mol. The Labute approximate surface area is 210 Å². The van der Waals surface area contributed by atoms with Gasteiger partial charge in [0.2, 0.25) is 0 Å². The fourth-order valence-corrected chi connectivity index (χ4v) is 5.45. The SMILES string of the molecule is O[C@@H]1[C@H](O)[C@H](n2cnc3c(NC4CCOC4)ncnc32)O[C@H]1CSCc1cc(-c2ccccc2)no1. The van der Waals surface area contributed by atoms with E-state index in [0.29, 0.717) is 41.7 Å². The van der Waals surface area contributed by atoms with Crippen molar-refractivity contribution in [2.75, 3.05) is 24.3 Å². The van der Waals surface area contributed by atoms with E-state index in [2.05, 4.69) is 25.4 Å². The molecule has 5 atom stereocenters. The van der Waals surface area contributed by atoms with E-state index in [4.69, 9.17) is 14.0 Å². The summed E-state index contributed by atoms with van der Waals surface area (Å²) in [5.74, 6) is 2.37. The fourth-order valence-electron chi connectivity index (χ4n) is 4.48. The smallest absolute Gasteiger partial charge is 0.167 e. The van der Waals surface area contributed by atoms with Gasteiger partial charge in [0.1, 0.15) is 30.0 Å². The Bertz CT molecular complexity index is 1310. The second kappa shape index (κ2) is 10.1. The minimum atomic E-state index is -1.13. The zero-order valence-electron chi connectivity index (χ0n) is 19.3. The van der Waals surface area contributed by atoms with Crippen LogP contribution in [0.25, 0.3) is 22.4 Å². The molecule has 2 aliphatic heterocycles. The number of benzene rings is 1. The number of nitrogens with one attached hydrogen (secondary N) is 1. The van der Waals surface area contributed by atoms with Gasteiger partial charge < -0.3 is 29.5 Å². The summed E-state index contributed by atoms with van der Waals surface area (Å²) in [5.41, 5.74) is 2.87. The first-order valence-electron chi connectivity index (χ1n) is 11.8. The van der Waals surface area contributed by atoms with Crippen LogP contribution < -0.4 is 5.32 Å². The molecule has 36 heavy (non-hydrogen) atoms. The summed E-state index contributed by atoms with van der Waals surface area (Å²) >= 11 is 1.54. The van der Waals surface area contributed by atoms with Gasteiger partial charge in [0, 0.05) is 24.0 Å². The Hall–Kier alpha value is -3.03. The summed E-state index contributed by atoms with van der Waals surface area (Å²) in [6.45, 7) is 1.33. The van der Waals surface area contributed by atoms with E-state index in [1.54, 1.807) is 10.9 Å². The molecule has 1 unspecified atom stereocenters. The highest BCUT2D eigenvalue weighted by Gasteiger charge is 2.44. The van der Waals surface area contributed by atoms with Crippen LogP contribution in [0.3, 0.4) is 0 Å². The fraction of sp³-hybridized carbons (Fsp3) is 0.417. The van der Waals surface area contributed by atoms with Crippen LogP contribution in [-0.4, -0.2) is 78.2 Å². The predicted molar refractivity (Wildman–Crippen MR) is 132 cm³/mol. The highest BCUT2D eigenvalue weighted by Crippen LogP contribution is 2.34. The van der Waals surface area contributed by atoms with Crippen molar-refractivity contribution in [3.63, 3.8) is 0 Å². The lowest BCUT2D eigenvalue weighted by molar-refractivity contribution is -0.0289. The standard InChI is InChI=1S/C24H26N6O5S/c31-20-18(11-36-10-16-8-17(29-35-16)14-4-2-1-3-5-14)34-24(21(20)32)30-13-27-19-22(25-12-26-23(19)30)28-15-6-7-33-9-15/h1-5,8,12-13,15,18,20-21,24,31-32H,6-7,9-11H2,(H,25,26,28)/t15?,18-,20-,21-,24+/m0/s1. The Morgan fingerprint density at radius 2 is 2.00 bits per heavy atom. The number of aliphatic hydroxyl groups is 2. The van der Waals surface area contributed by atoms with E-state index in [1.807, 2.05) is 36.4 Å². The molecule has 11 nitrogen and oxygen atoms in total. The van der Waals surface area contributed by atoms with E-state index in [1.165, 1.54) is 18.1 Å². The lowest BCUT2D eigenvalue weighted by Crippen LogP contribution is -2.32. The molecule has 2 aliphatic rings. The number of hydrogen-bond donors (Lipinski definition) is 3. The molecule has 12 heteroatoms. The Kier molecular flexibility index (Phi) is 6.59. The predicted octanol–water partition coefficient (Wildman–Crippen LogP) is 2.23. The van der Waals surface area contributed by atoms with Gasteiger partial charge in [-0.15, -0.1) is 0 Å². The second-order valence-corrected chi connectivity index (χ2v) is 9.89. The summed E-state index contributed by atoms with van der Waals surface area (Å²) in [7, 11) is 0. The molecule has 2 fully saturated rings. The zero-order valence-corrected chi connectivity index (χ0v) is 20.1. The van der Waals surface area contributed by atoms with Crippen LogP contribution in [0.2, 0.25) is 0 Å². The van der Waals surface area contributed by atoms with Crippen LogP contribution in [0.5, 0.6) is 0 Å². The van der Waals surface area contributed by atoms with Crippen molar-refractivity contribution in [1.82, 2.24) is 24.7 Å². The lowest BCUT2D eigenvalue weighted by atomic mass is 10.1. The van der Waals surface area contributed by atoms with Crippen molar-refractivity contribution in [2.45, 2.75) is 42.8 Å². The average Bonchev–Trinajstić information content (AvgIpc) is 3.70. The Balaban J connectivity index is 1.10. The van der Waals surface area contributed by atoms with Gasteiger partial charge in [0.15, 0.2) is 23.2 Å². The number of aromatic nitrogens is 5. The van der Waals surface area contributed by atoms with Gasteiger partial charge >= 0.3 is 0 Å². The number of anilines is 1. The first kappa shape index (κ1) is 23.4. The minimum Gasteiger partial charge on any atom is -0.387 e. The molecule has 188 valence electrons. The zero-order chi connectivity index (χ0) is 24.5. The van der Waals surface area contributed by atoms with Crippen molar-refractivity contribution < 1.29 is 24.2 Å². The highest BCUT2D eigenvalue weighted by atomic mass is 32.2. The third kappa shape index (κ3) is 4.58. The molecule has 3 aromatic heterocycles. The number of ether oxygens (including phenoxy) is 2. The average molecular weight is 511 g/mol. The number of hydrogen-bond acceptors (Lipinski definition) is 11. The van der Waals surface area contributed by atoms with Crippen molar-refractivity contribution >= 4 is 28.7 Å². The third-order valence-electron chi connectivity index (χ3n) is 6.40. The summed E-state index contributed by atoms with van der Waals surface area (Å²) in [5, 5.41) is 28.9. The quantitative estimate of drug-likeness (QED) is 0.321. The van der Waals surface area contributed by atoms with E-state index in [-0.39, 0.29) is 6.04 Å². The summed E-state index contributed by atoms with van der Waals surface area (Å²) < 4.78 is 18.6. The molecule has 0 aliphatic carbocycles. The molecule has 6 rings (SSSR count). The molecule has 0 amide bonds. The maximum absolute atomic E-state index is 10.8. The number of fused-ring (bicyclic) bond motifs is 1. The molecule has 0 bridgehead atoms. The van der Waals surface area contributed by atoms with Crippen molar-refractivity contribution in [3.05, 3.63) is 54.8 Å². The van der Waals surface area contributed by atoms with E-state index in [9.17, 15) is 10.2 Å². The molecule has 3 N–H and O–H groups in total. The number of imidazole rings is 1. The van der Waals surface area contributed by atoms with E-state index < -0.39 is 24.5 Å². The largest absolute Gasteiger partial charge is 0.387 e. The highest BCUT2D eigenvalue weighted by molar-refractivity contribution is 7.98. The normalized spacial score (nSPS) is 26.1. The topological polar surface area (TPSA) is 141 Å². The summed E-state index contributed by atoms with van der Waals surface area (Å²) in [6.07, 6.45) is 0.337. The Morgan fingerprint density at radius 1 is 1.11 bits per heavy atom. The van der Waals surface area contributed by atoms with Crippen LogP contribution >= 0.6 is 11.8 Å². The van der Waals surface area contributed by atoms with Gasteiger partial charge in [-0.2, -0.15) is 11.8 Å². The molecular formula is C24H26N6O5S. The second-order valence-electron chi connectivity index (χ2n) is 8.86.